The van der Waals surface area contributed by atoms with Crippen molar-refractivity contribution in [3.8, 4) is 0 Å². The Morgan fingerprint density at radius 2 is 2.14 bits per heavy atom. The van der Waals surface area contributed by atoms with Gasteiger partial charge in [-0.15, -0.1) is 0 Å². The normalized spacial score (nSPS) is 20.5. The summed E-state index contributed by atoms with van der Waals surface area (Å²) < 4.78 is 24.6. The van der Waals surface area contributed by atoms with E-state index in [9.17, 15) is 19.1 Å². The molecule has 2 atom stereocenters. The quantitative estimate of drug-likeness (QED) is 0.540. The van der Waals surface area contributed by atoms with Crippen LogP contribution in [0, 0.1) is 12.7 Å². The van der Waals surface area contributed by atoms with Gasteiger partial charge in [0.2, 0.25) is 0 Å². The third-order valence-corrected chi connectivity index (χ3v) is 6.22. The van der Waals surface area contributed by atoms with Crippen molar-refractivity contribution in [3.63, 3.8) is 0 Å². The molecule has 1 aromatic heterocycles. The highest BCUT2D eigenvalue weighted by Gasteiger charge is 2.37. The van der Waals surface area contributed by atoms with Crippen molar-refractivity contribution in [2.75, 3.05) is 32.9 Å². The van der Waals surface area contributed by atoms with Gasteiger partial charge < -0.3 is 19.9 Å². The van der Waals surface area contributed by atoms with Gasteiger partial charge in [-0.05, 0) is 38.1 Å². The Hall–Kier alpha value is -3.34. The van der Waals surface area contributed by atoms with Crippen molar-refractivity contribution in [2.45, 2.75) is 25.9 Å². The first kappa shape index (κ1) is 25.7. The number of rotatable bonds is 7. The lowest BCUT2D eigenvalue weighted by molar-refractivity contribution is -0.149. The molecule has 0 radical (unpaired) electrons. The van der Waals surface area contributed by atoms with E-state index in [1.165, 1.54) is 12.1 Å². The molecule has 11 heteroatoms. The Labute approximate surface area is 212 Å². The maximum atomic E-state index is 13.9. The molecule has 1 fully saturated rings. The minimum atomic E-state index is -1.03. The van der Waals surface area contributed by atoms with E-state index in [2.05, 4.69) is 10.3 Å². The van der Waals surface area contributed by atoms with Crippen molar-refractivity contribution >= 4 is 29.4 Å². The van der Waals surface area contributed by atoms with Gasteiger partial charge in [-0.1, -0.05) is 23.7 Å². The molecular formula is C25H26ClFN4O5. The van der Waals surface area contributed by atoms with Gasteiger partial charge in [-0.3, -0.25) is 14.7 Å². The number of esters is 1. The van der Waals surface area contributed by atoms with Crippen LogP contribution in [0.1, 0.15) is 29.9 Å². The van der Waals surface area contributed by atoms with Gasteiger partial charge in [0.1, 0.15) is 23.6 Å². The van der Waals surface area contributed by atoms with E-state index in [1.54, 1.807) is 17.9 Å². The maximum Gasteiger partial charge on any atom is 0.338 e. The monoisotopic (exact) mass is 516 g/mol. The molecule has 0 saturated carbocycles. The van der Waals surface area contributed by atoms with Gasteiger partial charge >= 0.3 is 11.9 Å². The largest absolute Gasteiger partial charge is 0.480 e. The fourth-order valence-corrected chi connectivity index (χ4v) is 4.45. The van der Waals surface area contributed by atoms with Crippen LogP contribution < -0.4 is 5.32 Å². The number of nitrogens with one attached hydrogen (secondary N) is 1. The third kappa shape index (κ3) is 5.56. The highest BCUT2D eigenvalue weighted by atomic mass is 35.5. The van der Waals surface area contributed by atoms with Gasteiger partial charge in [0.25, 0.3) is 0 Å². The first-order valence-corrected chi connectivity index (χ1v) is 11.8. The number of amidine groups is 1. The number of benzene rings is 1. The summed E-state index contributed by atoms with van der Waals surface area (Å²) in [5, 5.41) is 13.0. The van der Waals surface area contributed by atoms with Crippen molar-refractivity contribution in [1.29, 1.82) is 0 Å². The fourth-order valence-electron chi connectivity index (χ4n) is 4.18. The number of hydrogen-bond donors (Lipinski definition) is 2. The smallest absolute Gasteiger partial charge is 0.338 e. The number of carboxylic acids is 1. The summed E-state index contributed by atoms with van der Waals surface area (Å²) in [6.07, 6.45) is 0. The second kappa shape index (κ2) is 11.2. The number of carbonyl (C=O) groups excluding carboxylic acids is 1. The van der Waals surface area contributed by atoms with Crippen LogP contribution in [0.3, 0.4) is 0 Å². The molecule has 0 spiro atoms. The van der Waals surface area contributed by atoms with Crippen molar-refractivity contribution in [2.24, 2.45) is 4.99 Å². The lowest BCUT2D eigenvalue weighted by Crippen LogP contribution is -2.52. The van der Waals surface area contributed by atoms with Crippen LogP contribution in [0.2, 0.25) is 5.02 Å². The number of aliphatic imine (C=N–C) groups is 1. The number of aliphatic carboxylic acids is 1. The molecular weight excluding hydrogens is 491 g/mol. The zero-order chi connectivity index (χ0) is 25.8. The van der Waals surface area contributed by atoms with Gasteiger partial charge in [0.15, 0.2) is 5.84 Å². The molecule has 3 heterocycles. The van der Waals surface area contributed by atoms with E-state index < -0.39 is 29.8 Å². The highest BCUT2D eigenvalue weighted by molar-refractivity contribution is 6.31. The third-order valence-electron chi connectivity index (χ3n) is 5.90. The van der Waals surface area contributed by atoms with E-state index in [-0.39, 0.29) is 30.4 Å². The molecule has 2 aliphatic heterocycles. The number of aromatic nitrogens is 1. The topological polar surface area (TPSA) is 113 Å². The van der Waals surface area contributed by atoms with Gasteiger partial charge in [0, 0.05) is 35.1 Å². The number of hydrogen-bond acceptors (Lipinski definition) is 8. The van der Waals surface area contributed by atoms with Crippen LogP contribution >= 0.6 is 11.6 Å². The summed E-state index contributed by atoms with van der Waals surface area (Å²) in [5.74, 6) is -1.82. The standard InChI is InChI=1S/C25H26ClFN4O5/c1-3-36-25(34)21-19(12-31-9-10-35-13-20(31)24(32)33)29-23(18-6-4-5-14(2)28-18)30-22(21)16-8-7-15(27)11-17(16)26/h4-8,11,20,22H,3,9-10,12-13H2,1-2H3,(H,29,30)(H,32,33). The number of ether oxygens (including phenoxy) is 2. The highest BCUT2D eigenvalue weighted by Crippen LogP contribution is 2.36. The number of morpholine rings is 1. The number of halogens is 2. The van der Waals surface area contributed by atoms with Gasteiger partial charge in [-0.2, -0.15) is 0 Å². The van der Waals surface area contributed by atoms with Crippen LogP contribution in [0.5, 0.6) is 0 Å². The molecule has 1 saturated heterocycles. The SMILES string of the molecule is CCOC(=O)C1=C(CN2CCOCC2C(=O)O)NC(c2cccc(C)n2)=NC1c1ccc(F)cc1Cl. The maximum absolute atomic E-state index is 13.9. The molecule has 4 rings (SSSR count). The number of aryl methyl sites for hydroxylation is 1. The van der Waals surface area contributed by atoms with Crippen molar-refractivity contribution in [3.05, 3.63) is 75.5 Å². The van der Waals surface area contributed by atoms with Gasteiger partial charge in [0.05, 0.1) is 25.4 Å². The summed E-state index contributed by atoms with van der Waals surface area (Å²) in [6.45, 7) is 4.43. The number of carboxylic acid groups (broad SMARTS) is 1. The fraction of sp³-hybridized carbons (Fsp3) is 0.360. The Morgan fingerprint density at radius 3 is 2.83 bits per heavy atom. The van der Waals surface area contributed by atoms with E-state index >= 15 is 0 Å². The average Bonchev–Trinajstić information content (AvgIpc) is 2.84. The van der Waals surface area contributed by atoms with E-state index in [4.69, 9.17) is 26.1 Å². The summed E-state index contributed by atoms with van der Waals surface area (Å²) in [7, 11) is 0. The van der Waals surface area contributed by atoms with Crippen LogP contribution in [-0.2, 0) is 19.1 Å². The molecule has 0 bridgehead atoms. The Bertz CT molecular complexity index is 1230. The minimum absolute atomic E-state index is 0.0188. The molecule has 2 aliphatic rings. The molecule has 2 N–H and O–H groups in total. The lowest BCUT2D eigenvalue weighted by atomic mass is 9.94. The summed E-state index contributed by atoms with van der Waals surface area (Å²) in [4.78, 5) is 36.1. The minimum Gasteiger partial charge on any atom is -0.480 e. The number of nitrogens with zero attached hydrogens (tertiary/aromatic N) is 3. The molecule has 36 heavy (non-hydrogen) atoms. The predicted octanol–water partition coefficient (Wildman–Crippen LogP) is 2.88. The molecule has 0 amide bonds. The Morgan fingerprint density at radius 1 is 1.33 bits per heavy atom. The zero-order valence-electron chi connectivity index (χ0n) is 19.8. The second-order valence-electron chi connectivity index (χ2n) is 8.35. The number of carbonyl (C=O) groups is 2. The molecule has 9 nitrogen and oxygen atoms in total. The van der Waals surface area contributed by atoms with Crippen molar-refractivity contribution in [1.82, 2.24) is 15.2 Å². The van der Waals surface area contributed by atoms with Crippen molar-refractivity contribution < 1.29 is 28.6 Å². The van der Waals surface area contributed by atoms with Crippen LogP contribution in [0.4, 0.5) is 4.39 Å². The van der Waals surface area contributed by atoms with Crippen LogP contribution in [0.25, 0.3) is 0 Å². The first-order valence-electron chi connectivity index (χ1n) is 11.5. The van der Waals surface area contributed by atoms with Crippen LogP contribution in [0.15, 0.2) is 52.7 Å². The first-order chi connectivity index (χ1) is 17.3. The summed E-state index contributed by atoms with van der Waals surface area (Å²) in [5.41, 5.74) is 2.25. The Kier molecular flexibility index (Phi) is 7.97. The zero-order valence-corrected chi connectivity index (χ0v) is 20.6. The Balaban J connectivity index is 1.86. The molecule has 1 aromatic carbocycles. The average molecular weight is 517 g/mol. The molecule has 0 aliphatic carbocycles. The second-order valence-corrected chi connectivity index (χ2v) is 8.75. The molecule has 2 unspecified atom stereocenters. The summed E-state index contributed by atoms with van der Waals surface area (Å²) >= 11 is 6.41. The molecule has 190 valence electrons. The van der Waals surface area contributed by atoms with Crippen LogP contribution in [-0.4, -0.2) is 71.7 Å². The van der Waals surface area contributed by atoms with E-state index in [0.29, 0.717) is 35.9 Å². The predicted molar refractivity (Wildman–Crippen MR) is 130 cm³/mol. The summed E-state index contributed by atoms with van der Waals surface area (Å²) in [6, 6.07) is 7.48. The van der Waals surface area contributed by atoms with Gasteiger partial charge in [-0.25, -0.2) is 14.2 Å². The lowest BCUT2D eigenvalue weighted by Gasteiger charge is -2.36. The van der Waals surface area contributed by atoms with E-state index in [1.807, 2.05) is 19.1 Å². The van der Waals surface area contributed by atoms with E-state index in [0.717, 1.165) is 11.8 Å². The number of pyridine rings is 1. The molecule has 2 aromatic rings.